The number of carbonyl (C=O) groups is 1. The van der Waals surface area contributed by atoms with E-state index in [1.54, 1.807) is 31.6 Å². The highest BCUT2D eigenvalue weighted by atomic mass is 32.2. The largest absolute Gasteiger partial charge is 0.468 e. The minimum Gasteiger partial charge on any atom is -0.468 e. The van der Waals surface area contributed by atoms with Crippen LogP contribution in [0.3, 0.4) is 0 Å². The molecule has 0 saturated carbocycles. The number of amides is 1. The first-order valence-electron chi connectivity index (χ1n) is 7.96. The number of rotatable bonds is 5. The fourth-order valence-corrected chi connectivity index (χ4v) is 3.77. The van der Waals surface area contributed by atoms with Gasteiger partial charge >= 0.3 is 0 Å². The quantitative estimate of drug-likeness (QED) is 0.888. The van der Waals surface area contributed by atoms with Gasteiger partial charge in [0.25, 0.3) is 11.5 Å². The lowest BCUT2D eigenvalue weighted by Crippen LogP contribution is -2.42. The SMILES string of the molecule is Cn1cccc(C(=O)NC[C@@H](c2ccco2)N2CCSCC2)c1=O. The van der Waals surface area contributed by atoms with Crippen molar-refractivity contribution in [3.63, 3.8) is 0 Å². The van der Waals surface area contributed by atoms with Gasteiger partial charge in [0.15, 0.2) is 0 Å². The lowest BCUT2D eigenvalue weighted by Gasteiger charge is -2.33. The number of aromatic nitrogens is 1. The molecular weight excluding hydrogens is 326 g/mol. The minimum atomic E-state index is -0.348. The Morgan fingerprint density at radius 2 is 2.12 bits per heavy atom. The third-order valence-corrected chi connectivity index (χ3v) is 5.12. The molecule has 1 atom stereocenters. The Labute approximate surface area is 144 Å². The predicted octanol–water partition coefficient (Wildman–Crippen LogP) is 1.50. The number of carbonyl (C=O) groups excluding carboxylic acids is 1. The van der Waals surface area contributed by atoms with Gasteiger partial charge in [-0.2, -0.15) is 11.8 Å². The van der Waals surface area contributed by atoms with Gasteiger partial charge < -0.3 is 14.3 Å². The standard InChI is InChI=1S/C17H21N3O3S/c1-19-6-2-4-13(17(19)22)16(21)18-12-14(15-5-3-9-23-15)20-7-10-24-11-8-20/h2-6,9,14H,7-8,10-12H2,1H3,(H,18,21)/t14-/m0/s1. The molecule has 1 aliphatic rings. The summed E-state index contributed by atoms with van der Waals surface area (Å²) in [4.78, 5) is 26.8. The zero-order valence-corrected chi connectivity index (χ0v) is 14.4. The van der Waals surface area contributed by atoms with E-state index < -0.39 is 0 Å². The van der Waals surface area contributed by atoms with Crippen LogP contribution in [0.15, 0.2) is 45.9 Å². The zero-order chi connectivity index (χ0) is 16.9. The molecule has 0 aliphatic carbocycles. The maximum atomic E-state index is 12.4. The molecule has 1 N–H and O–H groups in total. The van der Waals surface area contributed by atoms with Crippen molar-refractivity contribution < 1.29 is 9.21 Å². The third-order valence-electron chi connectivity index (χ3n) is 4.18. The molecule has 6 nitrogen and oxygen atoms in total. The van der Waals surface area contributed by atoms with Gasteiger partial charge in [0.05, 0.1) is 12.3 Å². The fraction of sp³-hybridized carbons (Fsp3) is 0.412. The summed E-state index contributed by atoms with van der Waals surface area (Å²) >= 11 is 1.93. The van der Waals surface area contributed by atoms with E-state index in [2.05, 4.69) is 10.2 Å². The van der Waals surface area contributed by atoms with Crippen LogP contribution in [0, 0.1) is 0 Å². The summed E-state index contributed by atoms with van der Waals surface area (Å²) in [6.07, 6.45) is 3.28. The molecule has 2 aromatic heterocycles. The number of hydrogen-bond acceptors (Lipinski definition) is 5. The lowest BCUT2D eigenvalue weighted by molar-refractivity contribution is 0.0927. The van der Waals surface area contributed by atoms with Gasteiger partial charge in [-0.05, 0) is 24.3 Å². The maximum Gasteiger partial charge on any atom is 0.263 e. The van der Waals surface area contributed by atoms with E-state index in [1.165, 1.54) is 4.57 Å². The molecule has 0 unspecified atom stereocenters. The first kappa shape index (κ1) is 16.9. The Hall–Kier alpha value is -1.99. The minimum absolute atomic E-state index is 0.0163. The van der Waals surface area contributed by atoms with Gasteiger partial charge in [0.2, 0.25) is 0 Å². The van der Waals surface area contributed by atoms with E-state index in [1.807, 2.05) is 23.9 Å². The van der Waals surface area contributed by atoms with Crippen molar-refractivity contribution in [1.82, 2.24) is 14.8 Å². The van der Waals surface area contributed by atoms with Gasteiger partial charge in [0.1, 0.15) is 11.3 Å². The number of pyridine rings is 1. The number of hydrogen-bond donors (Lipinski definition) is 1. The summed E-state index contributed by atoms with van der Waals surface area (Å²) in [5, 5.41) is 2.89. The van der Waals surface area contributed by atoms with E-state index in [-0.39, 0.29) is 23.1 Å². The molecule has 0 spiro atoms. The molecule has 1 aliphatic heterocycles. The van der Waals surface area contributed by atoms with Crippen molar-refractivity contribution in [3.8, 4) is 0 Å². The summed E-state index contributed by atoms with van der Waals surface area (Å²) < 4.78 is 6.97. The molecule has 0 bridgehead atoms. The number of furan rings is 1. The van der Waals surface area contributed by atoms with Crippen LogP contribution in [-0.2, 0) is 7.05 Å². The Kier molecular flexibility index (Phi) is 5.42. The normalized spacial score (nSPS) is 16.7. The van der Waals surface area contributed by atoms with Crippen LogP contribution in [0.1, 0.15) is 22.2 Å². The first-order valence-corrected chi connectivity index (χ1v) is 9.11. The van der Waals surface area contributed by atoms with Crippen molar-refractivity contribution in [2.75, 3.05) is 31.1 Å². The molecule has 1 fully saturated rings. The third kappa shape index (κ3) is 3.73. The van der Waals surface area contributed by atoms with E-state index in [0.29, 0.717) is 6.54 Å². The monoisotopic (exact) mass is 347 g/mol. The summed E-state index contributed by atoms with van der Waals surface area (Å²) in [7, 11) is 1.64. The van der Waals surface area contributed by atoms with Gasteiger partial charge in [-0.25, -0.2) is 0 Å². The van der Waals surface area contributed by atoms with Crippen LogP contribution in [0.25, 0.3) is 0 Å². The van der Waals surface area contributed by atoms with Crippen molar-refractivity contribution in [2.24, 2.45) is 7.05 Å². The van der Waals surface area contributed by atoms with Crippen molar-refractivity contribution in [1.29, 1.82) is 0 Å². The van der Waals surface area contributed by atoms with Crippen LogP contribution in [0.5, 0.6) is 0 Å². The Morgan fingerprint density at radius 3 is 2.83 bits per heavy atom. The number of nitrogens with one attached hydrogen (secondary N) is 1. The van der Waals surface area contributed by atoms with Gasteiger partial charge in [-0.1, -0.05) is 0 Å². The van der Waals surface area contributed by atoms with Crippen LogP contribution < -0.4 is 10.9 Å². The van der Waals surface area contributed by atoms with Crippen LogP contribution in [0.4, 0.5) is 0 Å². The predicted molar refractivity (Wildman–Crippen MR) is 94.4 cm³/mol. The van der Waals surface area contributed by atoms with E-state index in [4.69, 9.17) is 4.42 Å². The molecule has 24 heavy (non-hydrogen) atoms. The number of thioether (sulfide) groups is 1. The number of aryl methyl sites for hydroxylation is 1. The molecule has 0 radical (unpaired) electrons. The van der Waals surface area contributed by atoms with Crippen molar-refractivity contribution >= 4 is 17.7 Å². The summed E-state index contributed by atoms with van der Waals surface area (Å²) in [5.74, 6) is 2.64. The molecular formula is C17H21N3O3S. The fourth-order valence-electron chi connectivity index (χ4n) is 2.83. The Bertz CT molecular complexity index is 736. The highest BCUT2D eigenvalue weighted by Gasteiger charge is 2.25. The molecule has 2 aromatic rings. The van der Waals surface area contributed by atoms with Gasteiger partial charge in [-0.3, -0.25) is 14.5 Å². The first-order chi connectivity index (χ1) is 11.7. The highest BCUT2D eigenvalue weighted by Crippen LogP contribution is 2.24. The number of nitrogens with zero attached hydrogens (tertiary/aromatic N) is 2. The van der Waals surface area contributed by atoms with Gasteiger partial charge in [0, 0.05) is 44.4 Å². The van der Waals surface area contributed by atoms with E-state index in [9.17, 15) is 9.59 Å². The Morgan fingerprint density at radius 1 is 1.33 bits per heavy atom. The summed E-state index contributed by atoms with van der Waals surface area (Å²) in [5.41, 5.74) is -0.133. The molecule has 3 heterocycles. The maximum absolute atomic E-state index is 12.4. The summed E-state index contributed by atoms with van der Waals surface area (Å²) in [6, 6.07) is 7.02. The average molecular weight is 347 g/mol. The van der Waals surface area contributed by atoms with Crippen LogP contribution >= 0.6 is 11.8 Å². The van der Waals surface area contributed by atoms with Crippen molar-refractivity contribution in [2.45, 2.75) is 6.04 Å². The molecule has 3 rings (SSSR count). The zero-order valence-electron chi connectivity index (χ0n) is 13.6. The molecule has 0 aromatic carbocycles. The second-order valence-corrected chi connectivity index (χ2v) is 6.95. The lowest BCUT2D eigenvalue weighted by atomic mass is 10.1. The van der Waals surface area contributed by atoms with Crippen LogP contribution in [-0.4, -0.2) is 46.5 Å². The van der Waals surface area contributed by atoms with Gasteiger partial charge in [-0.15, -0.1) is 0 Å². The Balaban J connectivity index is 1.72. The molecule has 1 amide bonds. The van der Waals surface area contributed by atoms with Crippen molar-refractivity contribution in [3.05, 3.63) is 58.4 Å². The second-order valence-electron chi connectivity index (χ2n) is 5.73. The topological polar surface area (TPSA) is 67.5 Å². The molecule has 1 saturated heterocycles. The second kappa shape index (κ2) is 7.72. The van der Waals surface area contributed by atoms with E-state index in [0.717, 1.165) is 30.4 Å². The average Bonchev–Trinajstić information content (AvgIpc) is 3.12. The van der Waals surface area contributed by atoms with Crippen LogP contribution in [0.2, 0.25) is 0 Å². The molecule has 7 heteroatoms. The summed E-state index contributed by atoms with van der Waals surface area (Å²) in [6.45, 7) is 2.33. The smallest absolute Gasteiger partial charge is 0.263 e. The van der Waals surface area contributed by atoms with E-state index >= 15 is 0 Å². The highest BCUT2D eigenvalue weighted by molar-refractivity contribution is 7.99. The molecule has 128 valence electrons.